The highest BCUT2D eigenvalue weighted by Gasteiger charge is 2.38. The number of nitrogens with one attached hydrogen (secondary N) is 1. The standard InChI is InChI=1S/C22H19ClN2O/c1-14-8-3-6-13-20(14)25-21(16-9-4-5-10-17(16)22(25)26)24-19-12-7-11-18(23)15(19)2/h3-13,21,24H,1-2H3. The van der Waals surface area contributed by atoms with Crippen LogP contribution in [0, 0.1) is 13.8 Å². The minimum atomic E-state index is -0.281. The molecule has 3 nitrogen and oxygen atoms in total. The van der Waals surface area contributed by atoms with Crippen molar-refractivity contribution in [3.05, 3.63) is 94.0 Å². The summed E-state index contributed by atoms with van der Waals surface area (Å²) in [5.74, 6) is 0.00656. The van der Waals surface area contributed by atoms with Crippen molar-refractivity contribution >= 4 is 28.9 Å². The molecule has 0 aromatic heterocycles. The minimum Gasteiger partial charge on any atom is -0.361 e. The van der Waals surface area contributed by atoms with Crippen LogP contribution in [0.1, 0.15) is 33.2 Å². The third-order valence-corrected chi connectivity index (χ3v) is 5.31. The molecule has 0 saturated carbocycles. The monoisotopic (exact) mass is 362 g/mol. The summed E-state index contributed by atoms with van der Waals surface area (Å²) in [5, 5.41) is 4.24. The molecule has 130 valence electrons. The Hall–Kier alpha value is -2.78. The van der Waals surface area contributed by atoms with Gasteiger partial charge in [0.25, 0.3) is 5.91 Å². The second-order valence-corrected chi connectivity index (χ2v) is 6.92. The molecule has 0 aliphatic carbocycles. The zero-order valence-corrected chi connectivity index (χ0v) is 15.4. The molecule has 3 aromatic rings. The van der Waals surface area contributed by atoms with Gasteiger partial charge >= 0.3 is 0 Å². The molecule has 3 aromatic carbocycles. The van der Waals surface area contributed by atoms with E-state index in [1.165, 1.54) is 0 Å². The maximum atomic E-state index is 13.2. The lowest BCUT2D eigenvalue weighted by atomic mass is 10.1. The average molecular weight is 363 g/mol. The Morgan fingerprint density at radius 1 is 0.923 bits per heavy atom. The first kappa shape index (κ1) is 16.7. The molecule has 1 amide bonds. The van der Waals surface area contributed by atoms with Crippen LogP contribution in [0.5, 0.6) is 0 Å². The van der Waals surface area contributed by atoms with Gasteiger partial charge in [0.15, 0.2) is 0 Å². The highest BCUT2D eigenvalue weighted by Crippen LogP contribution is 2.40. The number of hydrogen-bond donors (Lipinski definition) is 1. The number of rotatable bonds is 3. The molecular formula is C22H19ClN2O. The van der Waals surface area contributed by atoms with Gasteiger partial charge in [0.05, 0.1) is 0 Å². The summed E-state index contributed by atoms with van der Waals surface area (Å²) in [4.78, 5) is 15.0. The predicted octanol–water partition coefficient (Wildman–Crippen LogP) is 5.73. The lowest BCUT2D eigenvalue weighted by Crippen LogP contribution is -2.33. The summed E-state index contributed by atoms with van der Waals surface area (Å²) in [7, 11) is 0. The van der Waals surface area contributed by atoms with Gasteiger partial charge in [-0.1, -0.05) is 54.1 Å². The molecule has 1 N–H and O–H groups in total. The summed E-state index contributed by atoms with van der Waals surface area (Å²) < 4.78 is 0. The van der Waals surface area contributed by atoms with Gasteiger partial charge in [-0.2, -0.15) is 0 Å². The van der Waals surface area contributed by atoms with Crippen LogP contribution >= 0.6 is 11.6 Å². The molecule has 1 aliphatic rings. The van der Waals surface area contributed by atoms with Gasteiger partial charge in [-0.15, -0.1) is 0 Å². The number of halogens is 1. The van der Waals surface area contributed by atoms with Crippen molar-refractivity contribution in [3.63, 3.8) is 0 Å². The number of fused-ring (bicyclic) bond motifs is 1. The second kappa shape index (κ2) is 6.50. The van der Waals surface area contributed by atoms with Crippen LogP contribution in [-0.2, 0) is 0 Å². The van der Waals surface area contributed by atoms with E-state index in [2.05, 4.69) is 5.32 Å². The van der Waals surface area contributed by atoms with E-state index in [0.29, 0.717) is 5.02 Å². The van der Waals surface area contributed by atoms with E-state index >= 15 is 0 Å². The van der Waals surface area contributed by atoms with Gasteiger partial charge in [0.1, 0.15) is 6.17 Å². The number of hydrogen-bond acceptors (Lipinski definition) is 2. The lowest BCUT2D eigenvalue weighted by Gasteiger charge is -2.29. The van der Waals surface area contributed by atoms with E-state index in [4.69, 9.17) is 11.6 Å². The molecule has 0 bridgehead atoms. The van der Waals surface area contributed by atoms with Crippen molar-refractivity contribution in [1.29, 1.82) is 0 Å². The lowest BCUT2D eigenvalue weighted by molar-refractivity contribution is 0.0993. The average Bonchev–Trinajstić information content (AvgIpc) is 2.92. The molecule has 0 spiro atoms. The van der Waals surface area contributed by atoms with Crippen molar-refractivity contribution in [2.24, 2.45) is 0 Å². The first-order chi connectivity index (χ1) is 12.6. The molecule has 0 radical (unpaired) electrons. The Labute approximate surface area is 158 Å². The predicted molar refractivity (Wildman–Crippen MR) is 107 cm³/mol. The largest absolute Gasteiger partial charge is 0.361 e. The third-order valence-electron chi connectivity index (χ3n) is 4.90. The SMILES string of the molecule is Cc1ccccc1N1C(=O)c2ccccc2C1Nc1cccc(Cl)c1C. The zero-order chi connectivity index (χ0) is 18.3. The molecular weight excluding hydrogens is 344 g/mol. The fraction of sp³-hybridized carbons (Fsp3) is 0.136. The molecule has 0 saturated heterocycles. The van der Waals surface area contributed by atoms with Gasteiger partial charge in [-0.3, -0.25) is 9.69 Å². The van der Waals surface area contributed by atoms with Crippen molar-refractivity contribution in [2.75, 3.05) is 10.2 Å². The normalized spacial score (nSPS) is 15.9. The van der Waals surface area contributed by atoms with Crippen molar-refractivity contribution in [2.45, 2.75) is 20.0 Å². The van der Waals surface area contributed by atoms with Crippen LogP contribution < -0.4 is 10.2 Å². The number of amides is 1. The van der Waals surface area contributed by atoms with Gasteiger partial charge < -0.3 is 5.32 Å². The molecule has 4 rings (SSSR count). The third kappa shape index (κ3) is 2.65. The first-order valence-electron chi connectivity index (χ1n) is 8.57. The molecule has 1 aliphatic heterocycles. The Balaban J connectivity index is 1.84. The summed E-state index contributed by atoms with van der Waals surface area (Å²) in [6.07, 6.45) is -0.281. The van der Waals surface area contributed by atoms with Crippen molar-refractivity contribution in [3.8, 4) is 0 Å². The first-order valence-corrected chi connectivity index (χ1v) is 8.95. The van der Waals surface area contributed by atoms with Gasteiger partial charge in [0.2, 0.25) is 0 Å². The maximum Gasteiger partial charge on any atom is 0.260 e. The Morgan fingerprint density at radius 2 is 1.65 bits per heavy atom. The van der Waals surface area contributed by atoms with Crippen LogP contribution in [0.15, 0.2) is 66.7 Å². The fourth-order valence-corrected chi connectivity index (χ4v) is 3.63. The highest BCUT2D eigenvalue weighted by atomic mass is 35.5. The van der Waals surface area contributed by atoms with E-state index in [-0.39, 0.29) is 12.1 Å². The Morgan fingerprint density at radius 3 is 2.46 bits per heavy atom. The molecule has 4 heteroatoms. The maximum absolute atomic E-state index is 13.2. The number of nitrogens with zero attached hydrogens (tertiary/aromatic N) is 1. The Bertz CT molecular complexity index is 999. The fourth-order valence-electron chi connectivity index (χ4n) is 3.45. The van der Waals surface area contributed by atoms with Crippen LogP contribution in [0.4, 0.5) is 11.4 Å². The van der Waals surface area contributed by atoms with Gasteiger partial charge in [0, 0.05) is 27.5 Å². The van der Waals surface area contributed by atoms with Crippen LogP contribution in [0.3, 0.4) is 0 Å². The number of aryl methyl sites for hydroxylation is 1. The number of benzene rings is 3. The van der Waals surface area contributed by atoms with Crippen molar-refractivity contribution < 1.29 is 4.79 Å². The summed E-state index contributed by atoms with van der Waals surface area (Å²) >= 11 is 6.29. The highest BCUT2D eigenvalue weighted by molar-refractivity contribution is 6.31. The van der Waals surface area contributed by atoms with E-state index in [1.807, 2.05) is 85.5 Å². The van der Waals surface area contributed by atoms with E-state index < -0.39 is 0 Å². The van der Waals surface area contributed by atoms with E-state index in [9.17, 15) is 4.79 Å². The van der Waals surface area contributed by atoms with Gasteiger partial charge in [-0.25, -0.2) is 0 Å². The quantitative estimate of drug-likeness (QED) is 0.645. The Kier molecular flexibility index (Phi) is 4.17. The molecule has 0 fully saturated rings. The smallest absolute Gasteiger partial charge is 0.260 e. The van der Waals surface area contributed by atoms with E-state index in [0.717, 1.165) is 33.6 Å². The zero-order valence-electron chi connectivity index (χ0n) is 14.7. The summed E-state index contributed by atoms with van der Waals surface area (Å²) in [6.45, 7) is 4.00. The van der Waals surface area contributed by atoms with Crippen molar-refractivity contribution in [1.82, 2.24) is 0 Å². The topological polar surface area (TPSA) is 32.3 Å². The molecule has 26 heavy (non-hydrogen) atoms. The van der Waals surface area contributed by atoms with Crippen LogP contribution in [0.2, 0.25) is 5.02 Å². The number of para-hydroxylation sites is 1. The minimum absolute atomic E-state index is 0.00656. The number of carbonyl (C=O) groups excluding carboxylic acids is 1. The van der Waals surface area contributed by atoms with Crippen LogP contribution in [0.25, 0.3) is 0 Å². The number of anilines is 2. The summed E-state index contributed by atoms with van der Waals surface area (Å²) in [6, 6.07) is 21.5. The van der Waals surface area contributed by atoms with Gasteiger partial charge in [-0.05, 0) is 49.2 Å². The molecule has 1 heterocycles. The van der Waals surface area contributed by atoms with E-state index in [1.54, 1.807) is 0 Å². The summed E-state index contributed by atoms with van der Waals surface area (Å²) in [5.41, 5.74) is 5.56. The number of carbonyl (C=O) groups is 1. The second-order valence-electron chi connectivity index (χ2n) is 6.51. The molecule has 1 atom stereocenters. The van der Waals surface area contributed by atoms with Crippen LogP contribution in [-0.4, -0.2) is 5.91 Å². The molecule has 1 unspecified atom stereocenters.